The van der Waals surface area contributed by atoms with Gasteiger partial charge in [0.05, 0.1) is 18.4 Å². The Hall–Kier alpha value is -3.40. The molecule has 3 rings (SSSR count). The zero-order valence-electron chi connectivity index (χ0n) is 15.8. The molecular weight excluding hydrogens is 401 g/mol. The number of carbonyl (C=O) groups excluding carboxylic acids is 1. The molecule has 3 aromatic rings. The molecule has 0 unspecified atom stereocenters. The van der Waals surface area contributed by atoms with Crippen molar-refractivity contribution in [3.8, 4) is 16.9 Å². The fourth-order valence-electron chi connectivity index (χ4n) is 2.73. The fraction of sp³-hybridized carbons (Fsp3) is 0.158. The van der Waals surface area contributed by atoms with E-state index < -0.39 is 15.8 Å². The SMILES string of the molecule is COc1ccc(-c2c(C)noc2NC(C)=O)cc1S(=O)(=O)Nc1ccc(F)cc1. The van der Waals surface area contributed by atoms with Crippen LogP contribution in [-0.4, -0.2) is 26.6 Å². The van der Waals surface area contributed by atoms with E-state index in [0.717, 1.165) is 12.1 Å². The van der Waals surface area contributed by atoms with Gasteiger partial charge in [0, 0.05) is 12.6 Å². The number of anilines is 2. The largest absolute Gasteiger partial charge is 0.495 e. The maximum atomic E-state index is 13.1. The highest BCUT2D eigenvalue weighted by Gasteiger charge is 2.23. The minimum Gasteiger partial charge on any atom is -0.495 e. The first-order valence-corrected chi connectivity index (χ1v) is 9.90. The number of halogens is 1. The Bertz CT molecular complexity index is 1160. The predicted molar refractivity (Wildman–Crippen MR) is 105 cm³/mol. The topological polar surface area (TPSA) is 111 Å². The van der Waals surface area contributed by atoms with Gasteiger partial charge in [0.25, 0.3) is 10.0 Å². The van der Waals surface area contributed by atoms with Crippen LogP contribution in [0.25, 0.3) is 11.1 Å². The lowest BCUT2D eigenvalue weighted by Crippen LogP contribution is -2.14. The zero-order valence-corrected chi connectivity index (χ0v) is 16.6. The van der Waals surface area contributed by atoms with Crippen molar-refractivity contribution in [1.29, 1.82) is 0 Å². The van der Waals surface area contributed by atoms with Gasteiger partial charge in [0.2, 0.25) is 11.8 Å². The quantitative estimate of drug-likeness (QED) is 0.632. The molecule has 152 valence electrons. The smallest absolute Gasteiger partial charge is 0.265 e. The summed E-state index contributed by atoms with van der Waals surface area (Å²) in [4.78, 5) is 11.3. The van der Waals surface area contributed by atoms with Crippen molar-refractivity contribution in [3.63, 3.8) is 0 Å². The number of nitrogens with zero attached hydrogens (tertiary/aromatic N) is 1. The molecule has 0 fully saturated rings. The first-order chi connectivity index (χ1) is 13.7. The van der Waals surface area contributed by atoms with Crippen molar-refractivity contribution in [3.05, 3.63) is 54.0 Å². The van der Waals surface area contributed by atoms with Crippen LogP contribution in [0, 0.1) is 12.7 Å². The van der Waals surface area contributed by atoms with Gasteiger partial charge in [-0.15, -0.1) is 0 Å². The number of ether oxygens (including phenoxy) is 1. The van der Waals surface area contributed by atoms with Gasteiger partial charge in [-0.2, -0.15) is 0 Å². The molecule has 0 aliphatic carbocycles. The molecule has 10 heteroatoms. The molecule has 0 saturated carbocycles. The highest BCUT2D eigenvalue weighted by molar-refractivity contribution is 7.92. The van der Waals surface area contributed by atoms with E-state index in [-0.39, 0.29) is 28.1 Å². The summed E-state index contributed by atoms with van der Waals surface area (Å²) in [7, 11) is -2.72. The van der Waals surface area contributed by atoms with Crippen LogP contribution in [0.2, 0.25) is 0 Å². The Morgan fingerprint density at radius 1 is 1.17 bits per heavy atom. The molecule has 0 saturated heterocycles. The van der Waals surface area contributed by atoms with Crippen LogP contribution in [0.3, 0.4) is 0 Å². The summed E-state index contributed by atoms with van der Waals surface area (Å²) >= 11 is 0. The summed E-state index contributed by atoms with van der Waals surface area (Å²) in [5.74, 6) is -0.628. The van der Waals surface area contributed by atoms with E-state index in [1.165, 1.54) is 38.3 Å². The van der Waals surface area contributed by atoms with E-state index in [0.29, 0.717) is 16.8 Å². The number of sulfonamides is 1. The average Bonchev–Trinajstić information content (AvgIpc) is 3.02. The van der Waals surface area contributed by atoms with Crippen molar-refractivity contribution in [2.24, 2.45) is 0 Å². The number of hydrogen-bond donors (Lipinski definition) is 2. The van der Waals surface area contributed by atoms with Gasteiger partial charge in [-0.1, -0.05) is 11.2 Å². The summed E-state index contributed by atoms with van der Waals surface area (Å²) in [5.41, 5.74) is 1.56. The van der Waals surface area contributed by atoms with Crippen LogP contribution in [0.1, 0.15) is 12.6 Å². The summed E-state index contributed by atoms with van der Waals surface area (Å²) < 4.78 is 51.7. The molecular formula is C19H18FN3O5S. The Kier molecular flexibility index (Phi) is 5.55. The van der Waals surface area contributed by atoms with E-state index in [1.807, 2.05) is 0 Å². The first kappa shape index (κ1) is 20.3. The minimum absolute atomic E-state index is 0.106. The van der Waals surface area contributed by atoms with Crippen molar-refractivity contribution < 1.29 is 26.9 Å². The Morgan fingerprint density at radius 2 is 1.86 bits per heavy atom. The predicted octanol–water partition coefficient (Wildman–Crippen LogP) is 3.56. The molecule has 0 spiro atoms. The van der Waals surface area contributed by atoms with Crippen LogP contribution in [0.5, 0.6) is 5.75 Å². The van der Waals surface area contributed by atoms with Gasteiger partial charge >= 0.3 is 0 Å². The normalized spacial score (nSPS) is 11.2. The third-order valence-electron chi connectivity index (χ3n) is 3.99. The number of amides is 1. The molecule has 0 atom stereocenters. The molecule has 1 amide bonds. The van der Waals surface area contributed by atoms with Crippen molar-refractivity contribution in [2.75, 3.05) is 17.1 Å². The highest BCUT2D eigenvalue weighted by atomic mass is 32.2. The molecule has 0 aliphatic rings. The fourth-order valence-corrected chi connectivity index (χ4v) is 3.98. The second-order valence-electron chi connectivity index (χ2n) is 6.13. The third-order valence-corrected chi connectivity index (χ3v) is 5.39. The number of rotatable bonds is 6. The molecule has 29 heavy (non-hydrogen) atoms. The third kappa shape index (κ3) is 4.37. The van der Waals surface area contributed by atoms with Gasteiger partial charge in [-0.25, -0.2) is 12.8 Å². The number of methoxy groups -OCH3 is 1. The lowest BCUT2D eigenvalue weighted by Gasteiger charge is -2.13. The molecule has 0 bridgehead atoms. The monoisotopic (exact) mass is 419 g/mol. The number of hydrogen-bond acceptors (Lipinski definition) is 6. The maximum absolute atomic E-state index is 13.1. The number of aryl methyl sites for hydroxylation is 1. The number of benzene rings is 2. The van der Waals surface area contributed by atoms with Crippen LogP contribution in [-0.2, 0) is 14.8 Å². The standard InChI is InChI=1S/C19H18FN3O5S/c1-11-18(19(28-22-11)21-12(2)24)13-4-9-16(27-3)17(10-13)29(25,26)23-15-7-5-14(20)6-8-15/h4-10,23H,1-3H3,(H,21,24). The van der Waals surface area contributed by atoms with Crippen molar-refractivity contribution in [2.45, 2.75) is 18.7 Å². The number of carbonyl (C=O) groups is 1. The van der Waals surface area contributed by atoms with Crippen LogP contribution in [0.15, 0.2) is 51.9 Å². The van der Waals surface area contributed by atoms with E-state index >= 15 is 0 Å². The number of aromatic nitrogens is 1. The highest BCUT2D eigenvalue weighted by Crippen LogP contribution is 2.36. The molecule has 2 aromatic carbocycles. The molecule has 1 aromatic heterocycles. The first-order valence-electron chi connectivity index (χ1n) is 8.42. The summed E-state index contributed by atoms with van der Waals surface area (Å²) in [6.07, 6.45) is 0. The molecule has 0 radical (unpaired) electrons. The second-order valence-corrected chi connectivity index (χ2v) is 7.78. The van der Waals surface area contributed by atoms with Crippen LogP contribution < -0.4 is 14.8 Å². The van der Waals surface area contributed by atoms with E-state index in [9.17, 15) is 17.6 Å². The van der Waals surface area contributed by atoms with E-state index in [1.54, 1.807) is 13.0 Å². The van der Waals surface area contributed by atoms with Crippen LogP contribution >= 0.6 is 0 Å². The summed E-state index contributed by atoms with van der Waals surface area (Å²) in [6, 6.07) is 9.40. The molecule has 1 heterocycles. The number of nitrogens with one attached hydrogen (secondary N) is 2. The second kappa shape index (κ2) is 7.92. The van der Waals surface area contributed by atoms with Gasteiger partial charge in [-0.3, -0.25) is 14.8 Å². The lowest BCUT2D eigenvalue weighted by atomic mass is 10.1. The minimum atomic E-state index is -4.07. The Balaban J connectivity index is 2.07. The maximum Gasteiger partial charge on any atom is 0.265 e. The van der Waals surface area contributed by atoms with Crippen molar-refractivity contribution >= 4 is 27.5 Å². The average molecular weight is 419 g/mol. The van der Waals surface area contributed by atoms with Gasteiger partial charge in [0.1, 0.15) is 16.5 Å². The lowest BCUT2D eigenvalue weighted by molar-refractivity contribution is -0.114. The summed E-state index contributed by atoms with van der Waals surface area (Å²) in [5, 5.41) is 6.36. The Morgan fingerprint density at radius 3 is 2.48 bits per heavy atom. The summed E-state index contributed by atoms with van der Waals surface area (Å²) in [6.45, 7) is 2.98. The Labute approximate surface area is 166 Å². The van der Waals surface area contributed by atoms with E-state index in [2.05, 4.69) is 15.2 Å². The molecule has 8 nitrogen and oxygen atoms in total. The van der Waals surface area contributed by atoms with Crippen LogP contribution in [0.4, 0.5) is 16.0 Å². The molecule has 2 N–H and O–H groups in total. The van der Waals surface area contributed by atoms with E-state index in [4.69, 9.17) is 9.26 Å². The van der Waals surface area contributed by atoms with Gasteiger partial charge in [-0.05, 0) is 48.9 Å². The van der Waals surface area contributed by atoms with Gasteiger partial charge < -0.3 is 9.26 Å². The zero-order chi connectivity index (χ0) is 21.2. The molecule has 0 aliphatic heterocycles. The van der Waals surface area contributed by atoms with Gasteiger partial charge in [0.15, 0.2) is 0 Å². The van der Waals surface area contributed by atoms with Crippen molar-refractivity contribution in [1.82, 2.24) is 5.16 Å².